The number of benzene rings is 1. The highest BCUT2D eigenvalue weighted by Crippen LogP contribution is 2.56. The normalized spacial score (nSPS) is 34.9. The van der Waals surface area contributed by atoms with Crippen LogP contribution in [0.15, 0.2) is 24.3 Å². The van der Waals surface area contributed by atoms with E-state index in [1.165, 1.54) is 12.0 Å². The van der Waals surface area contributed by atoms with Gasteiger partial charge in [0, 0.05) is 43.6 Å². The molecule has 0 spiro atoms. The van der Waals surface area contributed by atoms with Crippen molar-refractivity contribution in [2.75, 3.05) is 31.1 Å². The SMILES string of the molecule is FC1(F)CCN(c2ccc(C34CNCC3C4)cc2)CC1. The molecule has 4 rings (SSSR count). The number of fused-ring (bicyclic) bond motifs is 1. The second kappa shape index (κ2) is 4.17. The van der Waals surface area contributed by atoms with Crippen molar-refractivity contribution in [2.24, 2.45) is 5.92 Å². The van der Waals surface area contributed by atoms with E-state index < -0.39 is 5.92 Å². The van der Waals surface area contributed by atoms with Gasteiger partial charge in [0.15, 0.2) is 0 Å². The average molecular weight is 278 g/mol. The van der Waals surface area contributed by atoms with E-state index in [0.717, 1.165) is 24.7 Å². The van der Waals surface area contributed by atoms with Gasteiger partial charge in [0.05, 0.1) is 0 Å². The molecule has 0 radical (unpaired) electrons. The van der Waals surface area contributed by atoms with E-state index in [2.05, 4.69) is 34.5 Å². The van der Waals surface area contributed by atoms with Crippen LogP contribution in [0.25, 0.3) is 0 Å². The van der Waals surface area contributed by atoms with Gasteiger partial charge >= 0.3 is 0 Å². The topological polar surface area (TPSA) is 15.3 Å². The molecule has 3 aliphatic rings. The molecule has 20 heavy (non-hydrogen) atoms. The maximum absolute atomic E-state index is 13.2. The van der Waals surface area contributed by atoms with Crippen LogP contribution in [-0.2, 0) is 5.41 Å². The molecule has 2 nitrogen and oxygen atoms in total. The van der Waals surface area contributed by atoms with Gasteiger partial charge in [0.25, 0.3) is 5.92 Å². The zero-order chi connectivity index (χ0) is 13.8. The number of nitrogens with one attached hydrogen (secondary N) is 1. The summed E-state index contributed by atoms with van der Waals surface area (Å²) in [6.45, 7) is 3.15. The summed E-state index contributed by atoms with van der Waals surface area (Å²) in [5.74, 6) is -1.66. The molecule has 1 N–H and O–H groups in total. The Morgan fingerprint density at radius 1 is 1.10 bits per heavy atom. The third-order valence-electron chi connectivity index (χ3n) is 5.37. The second-order valence-electron chi connectivity index (χ2n) is 6.58. The molecular formula is C16H20F2N2. The summed E-state index contributed by atoms with van der Waals surface area (Å²) in [5.41, 5.74) is 2.88. The van der Waals surface area contributed by atoms with Crippen molar-refractivity contribution in [3.63, 3.8) is 0 Å². The number of alkyl halides is 2. The van der Waals surface area contributed by atoms with E-state index in [4.69, 9.17) is 0 Å². The Bertz CT molecular complexity index is 504. The van der Waals surface area contributed by atoms with Crippen LogP contribution in [0.4, 0.5) is 14.5 Å². The molecule has 0 amide bonds. The highest BCUT2D eigenvalue weighted by molar-refractivity contribution is 5.51. The minimum atomic E-state index is -2.47. The fraction of sp³-hybridized carbons (Fsp3) is 0.625. The van der Waals surface area contributed by atoms with Gasteiger partial charge in [-0.25, -0.2) is 8.78 Å². The monoisotopic (exact) mass is 278 g/mol. The third kappa shape index (κ3) is 1.93. The fourth-order valence-electron chi connectivity index (χ4n) is 3.89. The summed E-state index contributed by atoms with van der Waals surface area (Å²) < 4.78 is 26.4. The lowest BCUT2D eigenvalue weighted by Gasteiger charge is -2.33. The number of rotatable bonds is 2. The maximum atomic E-state index is 13.2. The summed E-state index contributed by atoms with van der Waals surface area (Å²) in [6, 6.07) is 8.63. The van der Waals surface area contributed by atoms with E-state index in [9.17, 15) is 8.78 Å². The van der Waals surface area contributed by atoms with Crippen LogP contribution in [0.2, 0.25) is 0 Å². The quantitative estimate of drug-likeness (QED) is 0.895. The highest BCUT2D eigenvalue weighted by atomic mass is 19.3. The van der Waals surface area contributed by atoms with Gasteiger partial charge in [-0.05, 0) is 36.6 Å². The molecule has 2 unspecified atom stereocenters. The molecule has 1 aliphatic carbocycles. The van der Waals surface area contributed by atoms with Crippen LogP contribution < -0.4 is 10.2 Å². The second-order valence-corrected chi connectivity index (χ2v) is 6.58. The van der Waals surface area contributed by atoms with E-state index in [-0.39, 0.29) is 12.8 Å². The first kappa shape index (κ1) is 12.6. The fourth-order valence-corrected chi connectivity index (χ4v) is 3.89. The summed E-state index contributed by atoms with van der Waals surface area (Å²) >= 11 is 0. The molecule has 2 heterocycles. The third-order valence-corrected chi connectivity index (χ3v) is 5.37. The molecule has 2 atom stereocenters. The minimum Gasteiger partial charge on any atom is -0.371 e. The lowest BCUT2D eigenvalue weighted by Crippen LogP contribution is -2.39. The molecule has 1 aromatic carbocycles. The molecule has 3 fully saturated rings. The van der Waals surface area contributed by atoms with Crippen molar-refractivity contribution >= 4 is 5.69 Å². The number of anilines is 1. The van der Waals surface area contributed by atoms with Crippen LogP contribution in [0.1, 0.15) is 24.8 Å². The molecule has 4 heteroatoms. The van der Waals surface area contributed by atoms with Crippen LogP contribution >= 0.6 is 0 Å². The number of halogens is 2. The molecule has 108 valence electrons. The molecular weight excluding hydrogens is 258 g/mol. The summed E-state index contributed by atoms with van der Waals surface area (Å²) in [4.78, 5) is 2.08. The van der Waals surface area contributed by atoms with E-state index in [1.807, 2.05) is 0 Å². The lowest BCUT2D eigenvalue weighted by molar-refractivity contribution is -0.0220. The van der Waals surface area contributed by atoms with Crippen molar-refractivity contribution in [3.05, 3.63) is 29.8 Å². The Balaban J connectivity index is 1.48. The maximum Gasteiger partial charge on any atom is 0.251 e. The van der Waals surface area contributed by atoms with Crippen molar-refractivity contribution in [2.45, 2.75) is 30.6 Å². The number of nitrogens with zero attached hydrogens (tertiary/aromatic N) is 1. The first-order valence-electron chi connectivity index (χ1n) is 7.53. The van der Waals surface area contributed by atoms with Gasteiger partial charge in [-0.2, -0.15) is 0 Å². The Kier molecular flexibility index (Phi) is 2.62. The number of hydrogen-bond donors (Lipinski definition) is 1. The van der Waals surface area contributed by atoms with Crippen molar-refractivity contribution in [1.29, 1.82) is 0 Å². The minimum absolute atomic E-state index is 0.0231. The zero-order valence-corrected chi connectivity index (χ0v) is 11.5. The Morgan fingerprint density at radius 3 is 2.35 bits per heavy atom. The largest absolute Gasteiger partial charge is 0.371 e. The molecule has 0 bridgehead atoms. The highest BCUT2D eigenvalue weighted by Gasteiger charge is 2.57. The van der Waals surface area contributed by atoms with Crippen LogP contribution in [-0.4, -0.2) is 32.1 Å². The Labute approximate surface area is 118 Å². The van der Waals surface area contributed by atoms with Gasteiger partial charge in [0.2, 0.25) is 0 Å². The zero-order valence-electron chi connectivity index (χ0n) is 11.5. The molecule has 2 saturated heterocycles. The molecule has 0 aromatic heterocycles. The molecule has 1 aromatic rings. The van der Waals surface area contributed by atoms with Gasteiger partial charge in [-0.15, -0.1) is 0 Å². The summed E-state index contributed by atoms with van der Waals surface area (Å²) in [5, 5.41) is 3.45. The molecule has 1 saturated carbocycles. The predicted octanol–water partition coefficient (Wildman–Crippen LogP) is 2.78. The summed E-state index contributed by atoms with van der Waals surface area (Å²) in [7, 11) is 0. The van der Waals surface area contributed by atoms with Gasteiger partial charge < -0.3 is 10.2 Å². The van der Waals surface area contributed by atoms with Crippen LogP contribution in [0.5, 0.6) is 0 Å². The Hall–Kier alpha value is -1.16. The van der Waals surface area contributed by atoms with Crippen molar-refractivity contribution in [1.82, 2.24) is 5.32 Å². The van der Waals surface area contributed by atoms with E-state index >= 15 is 0 Å². The first-order valence-corrected chi connectivity index (χ1v) is 7.53. The van der Waals surface area contributed by atoms with Crippen molar-refractivity contribution < 1.29 is 8.78 Å². The van der Waals surface area contributed by atoms with Gasteiger partial charge in [0.1, 0.15) is 0 Å². The summed E-state index contributed by atoms with van der Waals surface area (Å²) in [6.07, 6.45) is 1.25. The predicted molar refractivity (Wildman–Crippen MR) is 75.5 cm³/mol. The van der Waals surface area contributed by atoms with Gasteiger partial charge in [-0.1, -0.05) is 12.1 Å². The van der Waals surface area contributed by atoms with Crippen LogP contribution in [0, 0.1) is 5.92 Å². The number of piperidine rings is 2. The Morgan fingerprint density at radius 2 is 1.80 bits per heavy atom. The lowest BCUT2D eigenvalue weighted by atomic mass is 9.94. The van der Waals surface area contributed by atoms with E-state index in [1.54, 1.807) is 0 Å². The molecule has 2 aliphatic heterocycles. The average Bonchev–Trinajstić information content (AvgIpc) is 3.01. The standard InChI is InChI=1S/C16H20F2N2/c17-16(18)5-7-20(8-6-16)14-3-1-12(2-4-14)15-9-13(15)10-19-11-15/h1-4,13,19H,5-11H2. The number of hydrogen-bond acceptors (Lipinski definition) is 2. The smallest absolute Gasteiger partial charge is 0.251 e. The first-order chi connectivity index (χ1) is 9.59. The van der Waals surface area contributed by atoms with Crippen LogP contribution in [0.3, 0.4) is 0 Å². The van der Waals surface area contributed by atoms with E-state index in [0.29, 0.717) is 18.5 Å². The van der Waals surface area contributed by atoms with Gasteiger partial charge in [-0.3, -0.25) is 0 Å². The van der Waals surface area contributed by atoms with Crippen molar-refractivity contribution in [3.8, 4) is 0 Å².